The third-order valence-corrected chi connectivity index (χ3v) is 6.12. The Morgan fingerprint density at radius 3 is 2.08 bits per heavy atom. The van der Waals surface area contributed by atoms with E-state index < -0.39 is 66.1 Å². The number of hydrogen-bond donors (Lipinski definition) is 8. The lowest BCUT2D eigenvalue weighted by Gasteiger charge is -2.25. The van der Waals surface area contributed by atoms with Gasteiger partial charge in [-0.15, -0.1) is 0 Å². The summed E-state index contributed by atoms with van der Waals surface area (Å²) in [6.07, 6.45) is 0.835. The van der Waals surface area contributed by atoms with E-state index in [0.717, 1.165) is 10.9 Å². The SMILES string of the molecule is CC(C)CC(NC(=O)C(Cc1c[nH]c2ccccc12)NC(=O)C(CCC(N)=O)NC(=O)C(N)CC(N)=O)C(=O)O. The summed E-state index contributed by atoms with van der Waals surface area (Å²) >= 11 is 0. The summed E-state index contributed by atoms with van der Waals surface area (Å²) in [7, 11) is 0. The van der Waals surface area contributed by atoms with Gasteiger partial charge in [0.05, 0.1) is 12.5 Å². The Balaban J connectivity index is 2.34. The topological polar surface area (TPSA) is 253 Å². The number of amides is 5. The summed E-state index contributed by atoms with van der Waals surface area (Å²) < 4.78 is 0. The molecule has 0 fully saturated rings. The van der Waals surface area contributed by atoms with Crippen molar-refractivity contribution in [2.45, 2.75) is 70.1 Å². The first-order chi connectivity index (χ1) is 18.8. The van der Waals surface area contributed by atoms with Gasteiger partial charge in [0.1, 0.15) is 18.1 Å². The van der Waals surface area contributed by atoms with Crippen molar-refractivity contribution in [1.82, 2.24) is 20.9 Å². The van der Waals surface area contributed by atoms with Crippen LogP contribution in [0.2, 0.25) is 0 Å². The Kier molecular flexibility index (Phi) is 11.6. The van der Waals surface area contributed by atoms with Crippen LogP contribution in [0.3, 0.4) is 0 Å². The Morgan fingerprint density at radius 1 is 0.875 bits per heavy atom. The lowest BCUT2D eigenvalue weighted by atomic mass is 10.0. The fourth-order valence-electron chi connectivity index (χ4n) is 4.11. The van der Waals surface area contributed by atoms with Crippen LogP contribution in [0.1, 0.15) is 45.1 Å². The average molecular weight is 560 g/mol. The maximum atomic E-state index is 13.3. The molecular weight excluding hydrogens is 522 g/mol. The number of para-hydroxylation sites is 1. The number of nitrogens with two attached hydrogens (primary N) is 3. The van der Waals surface area contributed by atoms with Crippen molar-refractivity contribution < 1.29 is 33.9 Å². The van der Waals surface area contributed by atoms with E-state index in [4.69, 9.17) is 17.2 Å². The maximum absolute atomic E-state index is 13.3. The summed E-state index contributed by atoms with van der Waals surface area (Å²) in [5.74, 6) is -5.29. The number of carboxylic acids is 1. The van der Waals surface area contributed by atoms with E-state index in [2.05, 4.69) is 20.9 Å². The van der Waals surface area contributed by atoms with Crippen LogP contribution in [-0.4, -0.2) is 69.8 Å². The van der Waals surface area contributed by atoms with Crippen molar-refractivity contribution in [3.05, 3.63) is 36.0 Å². The third kappa shape index (κ3) is 9.69. The highest BCUT2D eigenvalue weighted by atomic mass is 16.4. The van der Waals surface area contributed by atoms with E-state index in [1.807, 2.05) is 32.0 Å². The summed E-state index contributed by atoms with van der Waals surface area (Å²) in [6, 6.07) is 2.14. The molecule has 0 aliphatic rings. The van der Waals surface area contributed by atoms with Crippen molar-refractivity contribution in [3.8, 4) is 0 Å². The molecule has 11 N–H and O–H groups in total. The zero-order valence-corrected chi connectivity index (χ0v) is 22.4. The van der Waals surface area contributed by atoms with Crippen LogP contribution in [0.5, 0.6) is 0 Å². The molecule has 1 aromatic heterocycles. The molecule has 0 aliphatic heterocycles. The van der Waals surface area contributed by atoms with Gasteiger partial charge in [0.15, 0.2) is 0 Å². The molecule has 0 saturated carbocycles. The summed E-state index contributed by atoms with van der Waals surface area (Å²) in [4.78, 5) is 76.6. The molecule has 14 heteroatoms. The minimum Gasteiger partial charge on any atom is -0.480 e. The van der Waals surface area contributed by atoms with Crippen molar-refractivity contribution in [2.24, 2.45) is 23.1 Å². The lowest BCUT2D eigenvalue weighted by molar-refractivity contribution is -0.142. The number of carbonyl (C=O) groups is 6. The first-order valence-electron chi connectivity index (χ1n) is 12.8. The number of benzene rings is 1. The fourth-order valence-corrected chi connectivity index (χ4v) is 4.11. The van der Waals surface area contributed by atoms with Gasteiger partial charge < -0.3 is 43.2 Å². The van der Waals surface area contributed by atoms with Crippen molar-refractivity contribution >= 4 is 46.4 Å². The third-order valence-electron chi connectivity index (χ3n) is 6.12. The molecule has 0 bridgehead atoms. The zero-order chi connectivity index (χ0) is 30.0. The van der Waals surface area contributed by atoms with Crippen LogP contribution in [0.4, 0.5) is 0 Å². The molecule has 0 spiro atoms. The van der Waals surface area contributed by atoms with Crippen LogP contribution < -0.4 is 33.2 Å². The zero-order valence-electron chi connectivity index (χ0n) is 22.4. The molecule has 0 radical (unpaired) electrons. The second-order valence-corrected chi connectivity index (χ2v) is 10.00. The summed E-state index contributed by atoms with van der Waals surface area (Å²) in [6.45, 7) is 3.62. The van der Waals surface area contributed by atoms with E-state index in [-0.39, 0.29) is 31.6 Å². The second-order valence-electron chi connectivity index (χ2n) is 10.00. The number of aromatic amines is 1. The Morgan fingerprint density at radius 2 is 1.48 bits per heavy atom. The van der Waals surface area contributed by atoms with Gasteiger partial charge in [-0.25, -0.2) is 4.79 Å². The van der Waals surface area contributed by atoms with E-state index in [9.17, 15) is 33.9 Å². The second kappa shape index (κ2) is 14.6. The number of carboxylic acid groups (broad SMARTS) is 1. The number of rotatable bonds is 16. The molecule has 14 nitrogen and oxygen atoms in total. The quantitative estimate of drug-likeness (QED) is 0.123. The van der Waals surface area contributed by atoms with Gasteiger partial charge in [-0.1, -0.05) is 32.0 Å². The molecule has 4 atom stereocenters. The van der Waals surface area contributed by atoms with Crippen LogP contribution in [-0.2, 0) is 35.2 Å². The predicted octanol–water partition coefficient (Wildman–Crippen LogP) is -1.24. The van der Waals surface area contributed by atoms with Crippen LogP contribution in [0.15, 0.2) is 30.5 Å². The predicted molar refractivity (Wildman–Crippen MR) is 145 cm³/mol. The van der Waals surface area contributed by atoms with E-state index in [1.54, 1.807) is 12.3 Å². The Labute approximate surface area is 230 Å². The van der Waals surface area contributed by atoms with Gasteiger partial charge in [-0.2, -0.15) is 0 Å². The number of aliphatic carboxylic acids is 1. The highest BCUT2D eigenvalue weighted by molar-refractivity contribution is 5.95. The normalized spacial score (nSPS) is 14.1. The Bertz CT molecular complexity index is 1240. The van der Waals surface area contributed by atoms with Crippen molar-refractivity contribution in [3.63, 3.8) is 0 Å². The standard InChI is InChI=1S/C26H37N7O7/c1-13(2)9-20(26(39)40)33-25(38)19(10-14-12-30-17-6-4-3-5-15(14)17)32-24(37)18(7-8-21(28)34)31-23(36)16(27)11-22(29)35/h3-6,12-13,16,18-20,30H,7-11,27H2,1-2H3,(H2,28,34)(H2,29,35)(H,31,36)(H,32,37)(H,33,38)(H,39,40). The molecule has 2 aromatic rings. The van der Waals surface area contributed by atoms with Crippen molar-refractivity contribution in [1.29, 1.82) is 0 Å². The van der Waals surface area contributed by atoms with E-state index >= 15 is 0 Å². The number of aromatic nitrogens is 1. The molecule has 0 saturated heterocycles. The maximum Gasteiger partial charge on any atom is 0.326 e. The largest absolute Gasteiger partial charge is 0.480 e. The van der Waals surface area contributed by atoms with Gasteiger partial charge in [0, 0.05) is 29.9 Å². The molecule has 2 rings (SSSR count). The van der Waals surface area contributed by atoms with Gasteiger partial charge in [0.2, 0.25) is 29.5 Å². The number of primary amides is 2. The number of fused-ring (bicyclic) bond motifs is 1. The average Bonchev–Trinajstić information content (AvgIpc) is 3.27. The summed E-state index contributed by atoms with van der Waals surface area (Å²) in [5, 5.41) is 17.8. The van der Waals surface area contributed by atoms with Gasteiger partial charge in [-0.3, -0.25) is 24.0 Å². The first-order valence-corrected chi connectivity index (χ1v) is 12.8. The van der Waals surface area contributed by atoms with Gasteiger partial charge in [-0.05, 0) is 30.4 Å². The molecule has 4 unspecified atom stereocenters. The molecule has 1 heterocycles. The number of H-pyrrole nitrogens is 1. The number of nitrogens with one attached hydrogen (secondary N) is 4. The van der Waals surface area contributed by atoms with Crippen molar-refractivity contribution in [2.75, 3.05) is 0 Å². The molecular formula is C26H37N7O7. The minimum atomic E-state index is -1.35. The van der Waals surface area contributed by atoms with E-state index in [0.29, 0.717) is 5.56 Å². The highest BCUT2D eigenvalue weighted by Gasteiger charge is 2.31. The molecule has 40 heavy (non-hydrogen) atoms. The van der Waals surface area contributed by atoms with Crippen LogP contribution in [0, 0.1) is 5.92 Å². The van der Waals surface area contributed by atoms with Gasteiger partial charge in [0.25, 0.3) is 0 Å². The summed E-state index contributed by atoms with van der Waals surface area (Å²) in [5.41, 5.74) is 17.5. The first kappa shape index (κ1) is 31.8. The highest BCUT2D eigenvalue weighted by Crippen LogP contribution is 2.19. The fraction of sp³-hybridized carbons (Fsp3) is 0.462. The molecule has 1 aromatic carbocycles. The van der Waals surface area contributed by atoms with Crippen LogP contribution >= 0.6 is 0 Å². The number of carbonyl (C=O) groups excluding carboxylic acids is 5. The van der Waals surface area contributed by atoms with E-state index in [1.165, 1.54) is 0 Å². The Hall–Kier alpha value is -4.46. The molecule has 218 valence electrons. The smallest absolute Gasteiger partial charge is 0.326 e. The lowest BCUT2D eigenvalue weighted by Crippen LogP contribution is -2.58. The molecule has 0 aliphatic carbocycles. The minimum absolute atomic E-state index is 0.0206. The number of hydrogen-bond acceptors (Lipinski definition) is 7. The van der Waals surface area contributed by atoms with Gasteiger partial charge >= 0.3 is 5.97 Å². The van der Waals surface area contributed by atoms with Crippen LogP contribution in [0.25, 0.3) is 10.9 Å². The monoisotopic (exact) mass is 559 g/mol. The molecule has 5 amide bonds.